The van der Waals surface area contributed by atoms with Crippen LogP contribution in [0.25, 0.3) is 11.0 Å². The molecule has 132 valence electrons. The van der Waals surface area contributed by atoms with Crippen molar-refractivity contribution in [1.82, 2.24) is 0 Å². The Bertz CT molecular complexity index is 974. The maximum absolute atomic E-state index is 12.9. The monoisotopic (exact) mass is 342 g/mol. The third-order valence-corrected chi connectivity index (χ3v) is 6.45. The molecule has 2 aliphatic heterocycles. The highest BCUT2D eigenvalue weighted by Crippen LogP contribution is 2.64. The zero-order chi connectivity index (χ0) is 17.8. The van der Waals surface area contributed by atoms with Gasteiger partial charge in [0.25, 0.3) is 0 Å². The van der Waals surface area contributed by atoms with E-state index in [1.54, 1.807) is 6.07 Å². The number of aliphatic hydroxyl groups is 1. The predicted octanol–water partition coefficient (Wildman–Crippen LogP) is 3.03. The molecule has 25 heavy (non-hydrogen) atoms. The van der Waals surface area contributed by atoms with Crippen LogP contribution in [0.2, 0.25) is 0 Å². The number of rotatable bonds is 0. The summed E-state index contributed by atoms with van der Waals surface area (Å²) < 4.78 is 17.8. The molecule has 2 aromatic rings. The Balaban J connectivity index is 1.90. The van der Waals surface area contributed by atoms with Gasteiger partial charge in [-0.15, -0.1) is 0 Å². The normalized spacial score (nSPS) is 37.6. The summed E-state index contributed by atoms with van der Waals surface area (Å²) in [5, 5.41) is 12.6. The van der Waals surface area contributed by atoms with E-state index in [2.05, 4.69) is 0 Å². The lowest BCUT2D eigenvalue weighted by atomic mass is 9.61. The highest BCUT2D eigenvalue weighted by molar-refractivity contribution is 5.88. The van der Waals surface area contributed by atoms with Crippen molar-refractivity contribution in [2.75, 3.05) is 0 Å². The van der Waals surface area contributed by atoms with Crippen LogP contribution in [0, 0.1) is 12.8 Å². The quantitative estimate of drug-likeness (QED) is 0.588. The first-order valence-electron chi connectivity index (χ1n) is 8.84. The predicted molar refractivity (Wildman–Crippen MR) is 91.8 cm³/mol. The number of aryl methyl sites for hydroxylation is 1. The topological polar surface area (TPSA) is 72.2 Å². The summed E-state index contributed by atoms with van der Waals surface area (Å²) in [7, 11) is 0. The van der Waals surface area contributed by atoms with Crippen molar-refractivity contribution in [2.45, 2.75) is 63.4 Å². The Hall–Kier alpha value is -1.85. The lowest BCUT2D eigenvalue weighted by molar-refractivity contribution is -0.148. The average molecular weight is 342 g/mol. The molecule has 1 aromatic heterocycles. The number of hydrogen-bond acceptors (Lipinski definition) is 5. The number of fused-ring (bicyclic) bond motifs is 7. The molecule has 1 aromatic carbocycles. The third kappa shape index (κ3) is 1.73. The van der Waals surface area contributed by atoms with Crippen LogP contribution in [-0.4, -0.2) is 22.4 Å². The van der Waals surface area contributed by atoms with Crippen LogP contribution in [0.15, 0.2) is 27.4 Å². The van der Waals surface area contributed by atoms with Crippen molar-refractivity contribution in [3.05, 3.63) is 39.7 Å². The van der Waals surface area contributed by atoms with E-state index in [4.69, 9.17) is 13.9 Å². The molecule has 4 unspecified atom stereocenters. The van der Waals surface area contributed by atoms with Gasteiger partial charge >= 0.3 is 5.63 Å². The Kier molecular flexibility index (Phi) is 2.63. The fourth-order valence-corrected chi connectivity index (χ4v) is 5.16. The van der Waals surface area contributed by atoms with Gasteiger partial charge in [0.1, 0.15) is 34.2 Å². The summed E-state index contributed by atoms with van der Waals surface area (Å²) in [5.74, 6) is 0.227. The van der Waals surface area contributed by atoms with E-state index >= 15 is 0 Å². The molecule has 0 amide bonds. The van der Waals surface area contributed by atoms with Crippen LogP contribution in [0.4, 0.5) is 0 Å². The fourth-order valence-electron chi connectivity index (χ4n) is 5.16. The van der Waals surface area contributed by atoms with Crippen LogP contribution in [0.3, 0.4) is 0 Å². The molecule has 1 saturated carbocycles. The van der Waals surface area contributed by atoms with Crippen molar-refractivity contribution in [3.63, 3.8) is 0 Å². The molecule has 3 heterocycles. The summed E-state index contributed by atoms with van der Waals surface area (Å²) in [6.07, 6.45) is 1.19. The summed E-state index contributed by atoms with van der Waals surface area (Å²) in [4.78, 5) is 12.9. The van der Waals surface area contributed by atoms with E-state index in [1.807, 2.05) is 39.8 Å². The molecule has 5 nitrogen and oxygen atoms in total. The van der Waals surface area contributed by atoms with Crippen LogP contribution in [0.5, 0.6) is 5.75 Å². The summed E-state index contributed by atoms with van der Waals surface area (Å²) >= 11 is 0. The molecule has 0 radical (unpaired) electrons. The summed E-state index contributed by atoms with van der Waals surface area (Å²) in [6.45, 7) is 7.92. The first-order valence-corrected chi connectivity index (χ1v) is 8.84. The molecule has 1 N–H and O–H groups in total. The maximum Gasteiger partial charge on any atom is 0.346 e. The number of benzene rings is 1. The van der Waals surface area contributed by atoms with Gasteiger partial charge in [-0.05, 0) is 52.2 Å². The van der Waals surface area contributed by atoms with Crippen molar-refractivity contribution in [2.24, 2.45) is 5.92 Å². The summed E-state index contributed by atoms with van der Waals surface area (Å²) in [6, 6.07) is 5.56. The molecule has 1 aliphatic carbocycles. The van der Waals surface area contributed by atoms with Gasteiger partial charge in [0.2, 0.25) is 0 Å². The molecule has 0 bridgehead atoms. The molecule has 5 rings (SSSR count). The van der Waals surface area contributed by atoms with Crippen molar-refractivity contribution < 1.29 is 19.0 Å². The number of epoxide rings is 1. The molecule has 4 atom stereocenters. The third-order valence-electron chi connectivity index (χ3n) is 6.45. The van der Waals surface area contributed by atoms with Crippen molar-refractivity contribution in [1.29, 1.82) is 0 Å². The molecule has 5 heteroatoms. The van der Waals surface area contributed by atoms with Gasteiger partial charge < -0.3 is 19.0 Å². The van der Waals surface area contributed by atoms with Gasteiger partial charge in [0, 0.05) is 5.92 Å². The van der Waals surface area contributed by atoms with E-state index in [9.17, 15) is 9.90 Å². The Morgan fingerprint density at radius 3 is 2.76 bits per heavy atom. The molecular weight excluding hydrogens is 320 g/mol. The molecule has 1 saturated heterocycles. The second-order valence-corrected chi connectivity index (χ2v) is 8.47. The van der Waals surface area contributed by atoms with E-state index in [-0.39, 0.29) is 17.1 Å². The van der Waals surface area contributed by atoms with Crippen LogP contribution < -0.4 is 10.4 Å². The molecular formula is C20H22O5. The van der Waals surface area contributed by atoms with Gasteiger partial charge in [-0.25, -0.2) is 4.79 Å². The van der Waals surface area contributed by atoms with Gasteiger partial charge in [0.15, 0.2) is 0 Å². The Labute approximate surface area is 145 Å². The minimum Gasteiger partial charge on any atom is -0.486 e. The lowest BCUT2D eigenvalue weighted by Gasteiger charge is -2.51. The smallest absolute Gasteiger partial charge is 0.346 e. The van der Waals surface area contributed by atoms with Gasteiger partial charge in [0.05, 0.1) is 11.0 Å². The molecule has 2 fully saturated rings. The number of hydrogen-bond donors (Lipinski definition) is 1. The van der Waals surface area contributed by atoms with E-state index in [0.29, 0.717) is 11.3 Å². The van der Waals surface area contributed by atoms with E-state index in [1.165, 1.54) is 0 Å². The highest BCUT2D eigenvalue weighted by atomic mass is 16.6. The largest absolute Gasteiger partial charge is 0.486 e. The van der Waals surface area contributed by atoms with Crippen molar-refractivity contribution in [3.8, 4) is 5.75 Å². The first-order chi connectivity index (χ1) is 11.7. The molecule has 0 spiro atoms. The Morgan fingerprint density at radius 2 is 2.00 bits per heavy atom. The average Bonchev–Trinajstić information content (AvgIpc) is 3.19. The maximum atomic E-state index is 12.9. The molecule has 3 aliphatic rings. The van der Waals surface area contributed by atoms with Crippen molar-refractivity contribution >= 4 is 11.0 Å². The van der Waals surface area contributed by atoms with E-state index in [0.717, 1.165) is 23.8 Å². The first kappa shape index (κ1) is 15.4. The SMILES string of the molecule is Cc1cccc2oc(=O)c3c(c12)OC(C)(C)C1CCC2(C)OC2C31O. The van der Waals surface area contributed by atoms with Gasteiger partial charge in [-0.2, -0.15) is 0 Å². The summed E-state index contributed by atoms with van der Waals surface area (Å²) in [5.41, 5.74) is -1.24. The van der Waals surface area contributed by atoms with Crippen LogP contribution in [0.1, 0.15) is 44.7 Å². The second kappa shape index (κ2) is 4.27. The van der Waals surface area contributed by atoms with Gasteiger partial charge in [-0.1, -0.05) is 12.1 Å². The van der Waals surface area contributed by atoms with Gasteiger partial charge in [-0.3, -0.25) is 0 Å². The number of ether oxygens (including phenoxy) is 2. The highest BCUT2D eigenvalue weighted by Gasteiger charge is 2.73. The second-order valence-electron chi connectivity index (χ2n) is 8.47. The fraction of sp³-hybridized carbons (Fsp3) is 0.550. The lowest BCUT2D eigenvalue weighted by Crippen LogP contribution is -2.61. The standard InChI is InChI=1S/C20H22O5/c1-10-6-5-7-11-13(10)15-14(16(21)23-11)20(22)12(18(2,3)24-15)8-9-19(4)17(20)25-19/h5-7,12,17,22H,8-9H2,1-4H3. The van der Waals surface area contributed by atoms with Crippen LogP contribution in [-0.2, 0) is 10.3 Å². The van der Waals surface area contributed by atoms with E-state index < -0.39 is 22.9 Å². The minimum absolute atomic E-state index is 0.225. The zero-order valence-corrected chi connectivity index (χ0v) is 14.9. The van der Waals surface area contributed by atoms with Crippen LogP contribution >= 0.6 is 0 Å². The zero-order valence-electron chi connectivity index (χ0n) is 14.9. The minimum atomic E-state index is -1.39. The Morgan fingerprint density at radius 1 is 1.24 bits per heavy atom.